The number of carbonyl (C=O) groups excluding carboxylic acids is 1. The maximum Gasteiger partial charge on any atom is 0.320 e. The van der Waals surface area contributed by atoms with E-state index in [9.17, 15) is 4.79 Å². The zero-order valence-corrected chi connectivity index (χ0v) is 24.5. The zero-order valence-electron chi connectivity index (χ0n) is 24.5. The van der Waals surface area contributed by atoms with Crippen LogP contribution in [0, 0.1) is 18.8 Å². The van der Waals surface area contributed by atoms with Crippen LogP contribution >= 0.6 is 0 Å². The molecular formula is C33H43N5O3. The Morgan fingerprint density at radius 2 is 1.76 bits per heavy atom. The fourth-order valence-electron chi connectivity index (χ4n) is 6.06. The molecule has 1 saturated carbocycles. The van der Waals surface area contributed by atoms with Gasteiger partial charge in [0.2, 0.25) is 5.88 Å². The number of methoxy groups -OCH3 is 1. The predicted octanol–water partition coefficient (Wildman–Crippen LogP) is 5.79. The number of nitrogens with zero attached hydrogens (tertiary/aromatic N) is 3. The Morgan fingerprint density at radius 1 is 1.05 bits per heavy atom. The molecule has 3 aromatic rings. The molecule has 218 valence electrons. The second-order valence-corrected chi connectivity index (χ2v) is 11.4. The van der Waals surface area contributed by atoms with Gasteiger partial charge in [0.1, 0.15) is 5.82 Å². The molecule has 1 aliphatic heterocycles. The maximum absolute atomic E-state index is 13.5. The summed E-state index contributed by atoms with van der Waals surface area (Å²) in [4.78, 5) is 15.9. The van der Waals surface area contributed by atoms with Crippen LogP contribution in [0.4, 0.5) is 10.6 Å². The van der Waals surface area contributed by atoms with Gasteiger partial charge in [0, 0.05) is 19.1 Å². The molecule has 1 aromatic heterocycles. The van der Waals surface area contributed by atoms with E-state index in [-0.39, 0.29) is 18.0 Å². The highest BCUT2D eigenvalue weighted by Gasteiger charge is 2.35. The lowest BCUT2D eigenvalue weighted by molar-refractivity contribution is 0.156. The van der Waals surface area contributed by atoms with Crippen LogP contribution in [0.25, 0.3) is 5.69 Å². The molecule has 2 unspecified atom stereocenters. The first-order valence-corrected chi connectivity index (χ1v) is 14.8. The molecule has 2 amide bonds. The minimum atomic E-state index is -0.237. The van der Waals surface area contributed by atoms with Crippen molar-refractivity contribution in [2.75, 3.05) is 45.8 Å². The third-order valence-corrected chi connectivity index (χ3v) is 8.42. The van der Waals surface area contributed by atoms with Crippen molar-refractivity contribution in [2.24, 2.45) is 11.8 Å². The number of piperidine rings is 1. The molecule has 41 heavy (non-hydrogen) atoms. The molecule has 2 aliphatic rings. The molecule has 2 N–H and O–H groups in total. The van der Waals surface area contributed by atoms with E-state index in [1.54, 1.807) is 11.8 Å². The minimum absolute atomic E-state index is 0.00292. The predicted molar refractivity (Wildman–Crippen MR) is 163 cm³/mol. The van der Waals surface area contributed by atoms with E-state index in [0.717, 1.165) is 50.0 Å². The standard InChI is InChI=1S/C33H43N5O3/c1-24-31(38(28-14-8-5-9-15-28)36-32(24)41-23-25-16-18-37(2)19-17-25)35-33(39)34-30-22-26(11-10-20-40-3)21-29(30)27-12-6-4-7-13-27/h4-15,25-26,29-30H,16-23H2,1-3H3,(H2,34,35,39)/b11-10+/t26?,29?,30-/m1/s1. The third kappa shape index (κ3) is 7.37. The van der Waals surface area contributed by atoms with Gasteiger partial charge in [-0.15, -0.1) is 5.10 Å². The second kappa shape index (κ2) is 13.8. The van der Waals surface area contributed by atoms with Crippen LogP contribution in [0.1, 0.15) is 42.7 Å². The number of ether oxygens (including phenoxy) is 2. The normalized spacial score (nSPS) is 21.8. The molecule has 3 atom stereocenters. The van der Waals surface area contributed by atoms with Gasteiger partial charge in [-0.25, -0.2) is 9.48 Å². The Bertz CT molecular complexity index is 1280. The number of rotatable bonds is 10. The third-order valence-electron chi connectivity index (χ3n) is 8.42. The fraction of sp³-hybridized carbons (Fsp3) is 0.455. The summed E-state index contributed by atoms with van der Waals surface area (Å²) in [6, 6.07) is 20.1. The molecule has 8 heteroatoms. The highest BCUT2D eigenvalue weighted by Crippen LogP contribution is 2.39. The van der Waals surface area contributed by atoms with Crippen molar-refractivity contribution in [1.29, 1.82) is 0 Å². The average molecular weight is 558 g/mol. The fourth-order valence-corrected chi connectivity index (χ4v) is 6.06. The number of para-hydroxylation sites is 1. The van der Waals surface area contributed by atoms with E-state index in [4.69, 9.17) is 14.6 Å². The molecule has 2 heterocycles. The minimum Gasteiger partial charge on any atom is -0.476 e. The summed E-state index contributed by atoms with van der Waals surface area (Å²) < 4.78 is 13.2. The summed E-state index contributed by atoms with van der Waals surface area (Å²) in [5.41, 5.74) is 2.94. The van der Waals surface area contributed by atoms with Crippen molar-refractivity contribution in [2.45, 2.75) is 44.6 Å². The zero-order chi connectivity index (χ0) is 28.6. The van der Waals surface area contributed by atoms with Gasteiger partial charge in [-0.3, -0.25) is 5.32 Å². The number of hydrogen-bond donors (Lipinski definition) is 2. The number of carbonyl (C=O) groups is 1. The lowest BCUT2D eigenvalue weighted by Crippen LogP contribution is -2.40. The van der Waals surface area contributed by atoms with Crippen LogP contribution in [0.2, 0.25) is 0 Å². The van der Waals surface area contributed by atoms with E-state index >= 15 is 0 Å². The molecule has 2 aromatic carbocycles. The Kier molecular flexibility index (Phi) is 9.75. The molecular weight excluding hydrogens is 514 g/mol. The van der Waals surface area contributed by atoms with Crippen LogP contribution < -0.4 is 15.4 Å². The molecule has 2 fully saturated rings. The van der Waals surface area contributed by atoms with Crippen LogP contribution in [0.15, 0.2) is 72.8 Å². The molecule has 8 nitrogen and oxygen atoms in total. The van der Waals surface area contributed by atoms with Gasteiger partial charge in [0.25, 0.3) is 0 Å². The number of hydrogen-bond acceptors (Lipinski definition) is 5. The van der Waals surface area contributed by atoms with Crippen LogP contribution in [0.5, 0.6) is 5.88 Å². The Hall–Kier alpha value is -3.62. The summed E-state index contributed by atoms with van der Waals surface area (Å²) in [5.74, 6) is 2.30. The van der Waals surface area contributed by atoms with E-state index in [1.807, 2.05) is 43.3 Å². The van der Waals surface area contributed by atoms with Gasteiger partial charge in [0.15, 0.2) is 0 Å². The number of likely N-dealkylation sites (tertiary alicyclic amines) is 1. The monoisotopic (exact) mass is 557 g/mol. The number of allylic oxidation sites excluding steroid dienone is 1. The van der Waals surface area contributed by atoms with Gasteiger partial charge in [-0.2, -0.15) is 0 Å². The summed E-state index contributed by atoms with van der Waals surface area (Å²) >= 11 is 0. The van der Waals surface area contributed by atoms with Gasteiger partial charge < -0.3 is 19.7 Å². The van der Waals surface area contributed by atoms with Crippen molar-refractivity contribution in [3.05, 3.63) is 83.9 Å². The number of amides is 2. The smallest absolute Gasteiger partial charge is 0.320 e. The summed E-state index contributed by atoms with van der Waals surface area (Å²) in [6.45, 7) is 5.37. The maximum atomic E-state index is 13.5. The molecule has 5 rings (SSSR count). The van der Waals surface area contributed by atoms with Crippen molar-refractivity contribution in [3.63, 3.8) is 0 Å². The van der Waals surface area contributed by atoms with E-state index in [0.29, 0.717) is 36.7 Å². The second-order valence-electron chi connectivity index (χ2n) is 11.4. The molecule has 1 aliphatic carbocycles. The summed E-state index contributed by atoms with van der Waals surface area (Å²) in [6.07, 6.45) is 8.38. The Labute approximate surface area is 243 Å². The first kappa shape index (κ1) is 28.9. The first-order chi connectivity index (χ1) is 20.0. The lowest BCUT2D eigenvalue weighted by atomic mass is 9.93. The first-order valence-electron chi connectivity index (χ1n) is 14.8. The number of benzene rings is 2. The van der Waals surface area contributed by atoms with Crippen molar-refractivity contribution < 1.29 is 14.3 Å². The highest BCUT2D eigenvalue weighted by atomic mass is 16.5. The Balaban J connectivity index is 1.32. The average Bonchev–Trinajstić information content (AvgIpc) is 3.54. The summed E-state index contributed by atoms with van der Waals surface area (Å²) in [7, 11) is 3.87. The van der Waals surface area contributed by atoms with Gasteiger partial charge >= 0.3 is 6.03 Å². The van der Waals surface area contributed by atoms with Gasteiger partial charge in [-0.1, -0.05) is 60.7 Å². The highest BCUT2D eigenvalue weighted by molar-refractivity contribution is 5.90. The molecule has 0 bridgehead atoms. The van der Waals surface area contributed by atoms with Crippen LogP contribution in [0.3, 0.4) is 0 Å². The van der Waals surface area contributed by atoms with Gasteiger partial charge in [0.05, 0.1) is 24.5 Å². The number of anilines is 1. The quantitative estimate of drug-likeness (QED) is 0.309. The van der Waals surface area contributed by atoms with E-state index in [2.05, 4.69) is 59.0 Å². The van der Waals surface area contributed by atoms with Crippen molar-refractivity contribution >= 4 is 11.8 Å². The molecule has 0 spiro atoms. The van der Waals surface area contributed by atoms with Crippen molar-refractivity contribution in [1.82, 2.24) is 20.0 Å². The summed E-state index contributed by atoms with van der Waals surface area (Å²) in [5, 5.41) is 11.2. The number of aromatic nitrogens is 2. The molecule has 1 saturated heterocycles. The molecule has 0 radical (unpaired) electrons. The lowest BCUT2D eigenvalue weighted by Gasteiger charge is -2.28. The van der Waals surface area contributed by atoms with E-state index < -0.39 is 0 Å². The van der Waals surface area contributed by atoms with E-state index in [1.165, 1.54) is 5.56 Å². The van der Waals surface area contributed by atoms with Crippen LogP contribution in [-0.4, -0.2) is 67.2 Å². The largest absolute Gasteiger partial charge is 0.476 e. The Morgan fingerprint density at radius 3 is 2.46 bits per heavy atom. The topological polar surface area (TPSA) is 80.7 Å². The SMILES string of the molecule is COC/C=C/C1CC(c2ccccc2)[C@H](NC(=O)Nc2c(C)c(OCC3CCN(C)CC3)nn2-c2ccccc2)C1. The number of nitrogens with one attached hydrogen (secondary N) is 2. The van der Waals surface area contributed by atoms with Crippen LogP contribution in [-0.2, 0) is 4.74 Å². The number of urea groups is 1. The van der Waals surface area contributed by atoms with Crippen molar-refractivity contribution in [3.8, 4) is 11.6 Å². The van der Waals surface area contributed by atoms with Gasteiger partial charge in [-0.05, 0) is 82.3 Å².